The number of halogens is 2. The minimum atomic E-state index is -0.353. The molecule has 120 valence electrons. The fourth-order valence-electron chi connectivity index (χ4n) is 2.83. The zero-order chi connectivity index (χ0) is 15.7. The average molecular weight is 297 g/mol. The molecule has 1 aromatic rings. The maximum atomic E-state index is 14.0. The zero-order valence-electron chi connectivity index (χ0n) is 13.6. The van der Waals surface area contributed by atoms with E-state index in [4.69, 9.17) is 0 Å². The van der Waals surface area contributed by atoms with Gasteiger partial charge in [0.25, 0.3) is 0 Å². The Morgan fingerprint density at radius 3 is 2.48 bits per heavy atom. The highest BCUT2D eigenvalue weighted by atomic mass is 19.1. The zero-order valence-corrected chi connectivity index (χ0v) is 13.6. The van der Waals surface area contributed by atoms with Crippen LogP contribution in [0.5, 0.6) is 0 Å². The molecule has 0 fully saturated rings. The van der Waals surface area contributed by atoms with Crippen LogP contribution in [0.15, 0.2) is 18.2 Å². The minimum absolute atomic E-state index is 0.0137. The van der Waals surface area contributed by atoms with Gasteiger partial charge < -0.3 is 5.32 Å². The van der Waals surface area contributed by atoms with Crippen LogP contribution in [-0.4, -0.2) is 13.1 Å². The van der Waals surface area contributed by atoms with E-state index in [0.29, 0.717) is 12.0 Å². The maximum absolute atomic E-state index is 14.0. The van der Waals surface area contributed by atoms with Crippen molar-refractivity contribution in [3.63, 3.8) is 0 Å². The second kappa shape index (κ2) is 9.14. The number of nitrogens with one attached hydrogen (secondary N) is 1. The van der Waals surface area contributed by atoms with Crippen LogP contribution in [0.2, 0.25) is 0 Å². The molecule has 1 unspecified atom stereocenters. The van der Waals surface area contributed by atoms with Crippen molar-refractivity contribution in [1.82, 2.24) is 5.32 Å². The molecule has 1 nitrogen and oxygen atoms in total. The van der Waals surface area contributed by atoms with Gasteiger partial charge in [0.15, 0.2) is 0 Å². The highest BCUT2D eigenvalue weighted by Crippen LogP contribution is 2.33. The lowest BCUT2D eigenvalue weighted by molar-refractivity contribution is 0.227. The van der Waals surface area contributed by atoms with Gasteiger partial charge >= 0.3 is 0 Å². The summed E-state index contributed by atoms with van der Waals surface area (Å²) >= 11 is 0. The molecule has 1 N–H and O–H groups in total. The summed E-state index contributed by atoms with van der Waals surface area (Å²) in [5, 5.41) is 3.47. The standard InChI is InChI=1S/C18H29F2N/c1-4-7-10-18(6-3,14-21-11-5-2)13-15-12-16(19)8-9-17(15)20/h8-9,12,21H,4-7,10-11,13-14H2,1-3H3. The van der Waals surface area contributed by atoms with E-state index in [1.807, 2.05) is 0 Å². The van der Waals surface area contributed by atoms with E-state index in [-0.39, 0.29) is 17.0 Å². The number of hydrogen-bond donors (Lipinski definition) is 1. The van der Waals surface area contributed by atoms with Gasteiger partial charge in [-0.25, -0.2) is 8.78 Å². The summed E-state index contributed by atoms with van der Waals surface area (Å²) < 4.78 is 27.4. The fraction of sp³-hybridized carbons (Fsp3) is 0.667. The van der Waals surface area contributed by atoms with E-state index >= 15 is 0 Å². The highest BCUT2D eigenvalue weighted by molar-refractivity contribution is 5.20. The molecule has 0 heterocycles. The number of benzene rings is 1. The molecule has 0 amide bonds. The molecular weight excluding hydrogens is 268 g/mol. The van der Waals surface area contributed by atoms with Gasteiger partial charge in [0.05, 0.1) is 0 Å². The molecule has 0 aliphatic heterocycles. The van der Waals surface area contributed by atoms with Crippen molar-refractivity contribution in [1.29, 1.82) is 0 Å². The number of unbranched alkanes of at least 4 members (excludes halogenated alkanes) is 1. The summed E-state index contributed by atoms with van der Waals surface area (Å²) in [5.41, 5.74) is 0.519. The van der Waals surface area contributed by atoms with E-state index in [9.17, 15) is 8.78 Å². The molecule has 0 aromatic heterocycles. The Kier molecular flexibility index (Phi) is 7.87. The fourth-order valence-corrected chi connectivity index (χ4v) is 2.83. The SMILES string of the molecule is CCCCC(CC)(CNCCC)Cc1cc(F)ccc1F. The summed E-state index contributed by atoms with van der Waals surface area (Å²) in [7, 11) is 0. The van der Waals surface area contributed by atoms with Crippen LogP contribution in [0, 0.1) is 17.0 Å². The third kappa shape index (κ3) is 5.74. The van der Waals surface area contributed by atoms with Gasteiger partial charge in [-0.2, -0.15) is 0 Å². The number of hydrogen-bond acceptors (Lipinski definition) is 1. The first-order chi connectivity index (χ1) is 10.1. The Bertz CT molecular complexity index is 420. The molecule has 0 aliphatic carbocycles. The molecule has 0 saturated carbocycles. The molecule has 0 aliphatic rings. The molecule has 21 heavy (non-hydrogen) atoms. The van der Waals surface area contributed by atoms with Crippen LogP contribution >= 0.6 is 0 Å². The van der Waals surface area contributed by atoms with Gasteiger partial charge in [-0.15, -0.1) is 0 Å². The first-order valence-electron chi connectivity index (χ1n) is 8.21. The highest BCUT2D eigenvalue weighted by Gasteiger charge is 2.28. The predicted molar refractivity (Wildman–Crippen MR) is 85.5 cm³/mol. The van der Waals surface area contributed by atoms with Crippen LogP contribution in [0.25, 0.3) is 0 Å². The largest absolute Gasteiger partial charge is 0.316 e. The van der Waals surface area contributed by atoms with E-state index in [0.717, 1.165) is 45.2 Å². The van der Waals surface area contributed by atoms with E-state index < -0.39 is 0 Å². The van der Waals surface area contributed by atoms with Gasteiger partial charge in [0, 0.05) is 6.54 Å². The van der Waals surface area contributed by atoms with Crippen LogP contribution in [0.4, 0.5) is 8.78 Å². The predicted octanol–water partition coefficient (Wildman–Crippen LogP) is 5.09. The monoisotopic (exact) mass is 297 g/mol. The lowest BCUT2D eigenvalue weighted by Gasteiger charge is -2.34. The summed E-state index contributed by atoms with van der Waals surface area (Å²) in [4.78, 5) is 0. The molecular formula is C18H29F2N. The maximum Gasteiger partial charge on any atom is 0.126 e. The van der Waals surface area contributed by atoms with Crippen molar-refractivity contribution >= 4 is 0 Å². The summed E-state index contributed by atoms with van der Waals surface area (Å²) in [6.07, 6.45) is 5.96. The topological polar surface area (TPSA) is 12.0 Å². The quantitative estimate of drug-likeness (QED) is 0.593. The lowest BCUT2D eigenvalue weighted by Crippen LogP contribution is -2.36. The van der Waals surface area contributed by atoms with E-state index in [2.05, 4.69) is 26.1 Å². The molecule has 1 atom stereocenters. The second-order valence-corrected chi connectivity index (χ2v) is 6.05. The Morgan fingerprint density at radius 2 is 1.86 bits per heavy atom. The third-order valence-electron chi connectivity index (χ3n) is 4.31. The summed E-state index contributed by atoms with van der Waals surface area (Å²) in [6.45, 7) is 8.30. The van der Waals surface area contributed by atoms with Gasteiger partial charge in [-0.1, -0.05) is 33.6 Å². The molecule has 0 radical (unpaired) electrons. The summed E-state index contributed by atoms with van der Waals surface area (Å²) in [6, 6.07) is 3.78. The van der Waals surface area contributed by atoms with Crippen molar-refractivity contribution in [3.8, 4) is 0 Å². The third-order valence-corrected chi connectivity index (χ3v) is 4.31. The molecule has 0 saturated heterocycles. The summed E-state index contributed by atoms with van der Waals surface area (Å²) in [5.74, 6) is -0.644. The first-order valence-corrected chi connectivity index (χ1v) is 8.21. The van der Waals surface area contributed by atoms with Crippen molar-refractivity contribution in [2.45, 2.75) is 59.3 Å². The van der Waals surface area contributed by atoms with Crippen molar-refractivity contribution in [2.24, 2.45) is 5.41 Å². The Balaban J connectivity index is 2.90. The van der Waals surface area contributed by atoms with Crippen LogP contribution in [-0.2, 0) is 6.42 Å². The van der Waals surface area contributed by atoms with E-state index in [1.165, 1.54) is 18.2 Å². The van der Waals surface area contributed by atoms with Crippen molar-refractivity contribution in [3.05, 3.63) is 35.4 Å². The average Bonchev–Trinajstić information content (AvgIpc) is 2.48. The Morgan fingerprint density at radius 1 is 1.10 bits per heavy atom. The molecule has 0 spiro atoms. The van der Waals surface area contributed by atoms with Crippen molar-refractivity contribution < 1.29 is 8.78 Å². The first kappa shape index (κ1) is 18.1. The second-order valence-electron chi connectivity index (χ2n) is 6.05. The molecule has 0 bridgehead atoms. The van der Waals surface area contributed by atoms with Crippen molar-refractivity contribution in [2.75, 3.05) is 13.1 Å². The normalized spacial score (nSPS) is 14.1. The Labute approximate surface area is 128 Å². The van der Waals surface area contributed by atoms with Crippen LogP contribution < -0.4 is 5.32 Å². The molecule has 3 heteroatoms. The van der Waals surface area contributed by atoms with Gasteiger partial charge in [-0.05, 0) is 61.4 Å². The van der Waals surface area contributed by atoms with Gasteiger partial charge in [-0.3, -0.25) is 0 Å². The Hall–Kier alpha value is -0.960. The van der Waals surface area contributed by atoms with Crippen LogP contribution in [0.3, 0.4) is 0 Å². The van der Waals surface area contributed by atoms with Crippen LogP contribution in [0.1, 0.15) is 58.4 Å². The molecule has 1 aromatic carbocycles. The van der Waals surface area contributed by atoms with Gasteiger partial charge in [0.2, 0.25) is 0 Å². The number of rotatable bonds is 10. The van der Waals surface area contributed by atoms with Gasteiger partial charge in [0.1, 0.15) is 11.6 Å². The minimum Gasteiger partial charge on any atom is -0.316 e. The smallest absolute Gasteiger partial charge is 0.126 e. The lowest BCUT2D eigenvalue weighted by atomic mass is 9.75. The molecule has 1 rings (SSSR count). The van der Waals surface area contributed by atoms with E-state index in [1.54, 1.807) is 0 Å².